The molecule has 2 rings (SSSR count). The van der Waals surface area contributed by atoms with Gasteiger partial charge in [0.05, 0.1) is 5.69 Å². The molecule has 0 atom stereocenters. The Morgan fingerprint density at radius 3 is 2.53 bits per heavy atom. The number of hydrogen-bond acceptors (Lipinski definition) is 3. The molecule has 1 heterocycles. The Bertz CT molecular complexity index is 510. The number of hydrogen-bond donors (Lipinski definition) is 1. The molecule has 0 radical (unpaired) electrons. The molecule has 1 aromatic rings. The first-order valence-corrected chi connectivity index (χ1v) is 4.61. The molecule has 17 heavy (non-hydrogen) atoms. The molecule has 0 unspecified atom stereocenters. The fraction of sp³-hybridized carbons (Fsp3) is 0.100. The number of imide groups is 2. The monoisotopic (exact) mass is 240 g/mol. The lowest BCUT2D eigenvalue weighted by Crippen LogP contribution is -2.53. The van der Waals surface area contributed by atoms with Crippen molar-refractivity contribution in [2.45, 2.75) is 6.42 Å². The second kappa shape index (κ2) is 3.93. The van der Waals surface area contributed by atoms with Crippen LogP contribution in [0.15, 0.2) is 18.2 Å². The van der Waals surface area contributed by atoms with Gasteiger partial charge in [-0.15, -0.1) is 0 Å². The SMILES string of the molecule is O=C1CC(=O)N(c2cc(F)ccc2F)C(=O)N1. The molecule has 0 aromatic heterocycles. The molecule has 0 bridgehead atoms. The smallest absolute Gasteiger partial charge is 0.277 e. The van der Waals surface area contributed by atoms with Gasteiger partial charge in [0.15, 0.2) is 0 Å². The van der Waals surface area contributed by atoms with E-state index >= 15 is 0 Å². The first-order valence-electron chi connectivity index (χ1n) is 4.61. The van der Waals surface area contributed by atoms with Gasteiger partial charge in [0.25, 0.3) is 0 Å². The maximum Gasteiger partial charge on any atom is 0.335 e. The molecule has 1 aliphatic heterocycles. The van der Waals surface area contributed by atoms with Crippen LogP contribution in [0.4, 0.5) is 19.3 Å². The van der Waals surface area contributed by atoms with Crippen LogP contribution in [0.3, 0.4) is 0 Å². The average Bonchev–Trinajstić information content (AvgIpc) is 2.21. The van der Waals surface area contributed by atoms with Crippen molar-refractivity contribution in [3.8, 4) is 0 Å². The predicted molar refractivity (Wildman–Crippen MR) is 52.0 cm³/mol. The van der Waals surface area contributed by atoms with Crippen molar-refractivity contribution in [1.82, 2.24) is 5.32 Å². The summed E-state index contributed by atoms with van der Waals surface area (Å²) in [7, 11) is 0. The highest BCUT2D eigenvalue weighted by Gasteiger charge is 2.33. The van der Waals surface area contributed by atoms with E-state index < -0.39 is 41.6 Å². The molecule has 1 saturated heterocycles. The predicted octanol–water partition coefficient (Wildman–Crippen LogP) is 0.938. The molecule has 1 fully saturated rings. The van der Waals surface area contributed by atoms with Crippen molar-refractivity contribution < 1.29 is 23.2 Å². The van der Waals surface area contributed by atoms with Crippen molar-refractivity contribution in [3.63, 3.8) is 0 Å². The van der Waals surface area contributed by atoms with Crippen molar-refractivity contribution in [2.24, 2.45) is 0 Å². The summed E-state index contributed by atoms with van der Waals surface area (Å²) in [6.45, 7) is 0. The zero-order valence-electron chi connectivity index (χ0n) is 8.37. The minimum absolute atomic E-state index is 0.403. The summed E-state index contributed by atoms with van der Waals surface area (Å²) in [4.78, 5) is 34.1. The molecule has 5 nitrogen and oxygen atoms in total. The number of halogens is 2. The molecule has 1 aliphatic rings. The van der Waals surface area contributed by atoms with Gasteiger partial charge in [0, 0.05) is 6.07 Å². The highest BCUT2D eigenvalue weighted by Crippen LogP contribution is 2.22. The van der Waals surface area contributed by atoms with Gasteiger partial charge in [-0.25, -0.2) is 18.5 Å². The lowest BCUT2D eigenvalue weighted by molar-refractivity contribution is -0.128. The van der Waals surface area contributed by atoms with E-state index in [9.17, 15) is 23.2 Å². The second-order valence-electron chi connectivity index (χ2n) is 3.35. The minimum Gasteiger partial charge on any atom is -0.277 e. The zero-order valence-corrected chi connectivity index (χ0v) is 8.37. The molecule has 1 aromatic carbocycles. The molecule has 1 N–H and O–H groups in total. The van der Waals surface area contributed by atoms with Crippen LogP contribution in [0, 0.1) is 11.6 Å². The van der Waals surface area contributed by atoms with E-state index in [0.717, 1.165) is 12.1 Å². The number of carbonyl (C=O) groups excluding carboxylic acids is 3. The molecule has 0 aliphatic carbocycles. The van der Waals surface area contributed by atoms with E-state index in [1.807, 2.05) is 5.32 Å². The van der Waals surface area contributed by atoms with Gasteiger partial charge in [0.2, 0.25) is 11.8 Å². The minimum atomic E-state index is -1.09. The van der Waals surface area contributed by atoms with Crippen LogP contribution in [0.5, 0.6) is 0 Å². The van der Waals surface area contributed by atoms with E-state index in [2.05, 4.69) is 0 Å². The third-order valence-electron chi connectivity index (χ3n) is 2.16. The molecule has 88 valence electrons. The van der Waals surface area contributed by atoms with Gasteiger partial charge in [-0.2, -0.15) is 0 Å². The fourth-order valence-corrected chi connectivity index (χ4v) is 1.45. The standard InChI is InChI=1S/C10H6F2N2O3/c11-5-1-2-6(12)7(3-5)14-9(16)4-8(15)13-10(14)17/h1-3H,4H2,(H,13,15,17). The van der Waals surface area contributed by atoms with E-state index in [-0.39, 0.29) is 0 Å². The number of amides is 4. The van der Waals surface area contributed by atoms with Crippen LogP contribution >= 0.6 is 0 Å². The Balaban J connectivity index is 2.45. The third-order valence-corrected chi connectivity index (χ3v) is 2.16. The van der Waals surface area contributed by atoms with Gasteiger partial charge in [-0.3, -0.25) is 14.9 Å². The Labute approximate surface area is 94.0 Å². The van der Waals surface area contributed by atoms with Crippen LogP contribution in [-0.2, 0) is 9.59 Å². The number of carbonyl (C=O) groups is 3. The maximum absolute atomic E-state index is 13.4. The van der Waals surface area contributed by atoms with Crippen molar-refractivity contribution in [3.05, 3.63) is 29.8 Å². The van der Waals surface area contributed by atoms with E-state index in [4.69, 9.17) is 0 Å². The van der Waals surface area contributed by atoms with Crippen LogP contribution < -0.4 is 10.2 Å². The first kappa shape index (κ1) is 11.2. The second-order valence-corrected chi connectivity index (χ2v) is 3.35. The van der Waals surface area contributed by atoms with Crippen molar-refractivity contribution in [2.75, 3.05) is 4.90 Å². The molecule has 7 heteroatoms. The number of nitrogens with zero attached hydrogens (tertiary/aromatic N) is 1. The van der Waals surface area contributed by atoms with Crippen molar-refractivity contribution >= 4 is 23.5 Å². The van der Waals surface area contributed by atoms with Gasteiger partial charge in [-0.05, 0) is 12.1 Å². The molecule has 0 saturated carbocycles. The molecular weight excluding hydrogens is 234 g/mol. The zero-order chi connectivity index (χ0) is 12.6. The van der Waals surface area contributed by atoms with Crippen LogP contribution in [-0.4, -0.2) is 17.8 Å². The lowest BCUT2D eigenvalue weighted by atomic mass is 10.2. The number of nitrogens with one attached hydrogen (secondary N) is 1. The van der Waals surface area contributed by atoms with Crippen LogP contribution in [0.2, 0.25) is 0 Å². The average molecular weight is 240 g/mol. The normalized spacial score (nSPS) is 16.1. The lowest BCUT2D eigenvalue weighted by Gasteiger charge is -2.24. The topological polar surface area (TPSA) is 66.5 Å². The quantitative estimate of drug-likeness (QED) is 0.743. The summed E-state index contributed by atoms with van der Waals surface area (Å²) < 4.78 is 26.3. The van der Waals surface area contributed by atoms with Gasteiger partial charge in [0.1, 0.15) is 18.1 Å². The molecular formula is C10H6F2N2O3. The Kier molecular flexibility index (Phi) is 2.58. The number of anilines is 1. The highest BCUT2D eigenvalue weighted by molar-refractivity contribution is 6.26. The summed E-state index contributed by atoms with van der Waals surface area (Å²) in [6.07, 6.45) is -0.582. The molecule has 0 spiro atoms. The highest BCUT2D eigenvalue weighted by atomic mass is 19.1. The van der Waals surface area contributed by atoms with Gasteiger partial charge >= 0.3 is 6.03 Å². The first-order chi connectivity index (χ1) is 7.99. The summed E-state index contributed by atoms with van der Waals surface area (Å²) in [5.41, 5.74) is -0.514. The Hall–Kier alpha value is -2.31. The van der Waals surface area contributed by atoms with Crippen LogP contribution in [0.25, 0.3) is 0 Å². The third kappa shape index (κ3) is 1.99. The summed E-state index contributed by atoms with van der Waals surface area (Å²) in [5, 5.41) is 1.84. The van der Waals surface area contributed by atoms with Crippen molar-refractivity contribution in [1.29, 1.82) is 0 Å². The van der Waals surface area contributed by atoms with Gasteiger partial charge < -0.3 is 0 Å². The summed E-state index contributed by atoms with van der Waals surface area (Å²) in [5.74, 6) is -3.39. The molecule has 4 amide bonds. The number of benzene rings is 1. The van der Waals surface area contributed by atoms with E-state index in [1.54, 1.807) is 0 Å². The summed E-state index contributed by atoms with van der Waals surface area (Å²) in [6, 6.07) is 1.27. The maximum atomic E-state index is 13.4. The summed E-state index contributed by atoms with van der Waals surface area (Å²) >= 11 is 0. The Morgan fingerprint density at radius 1 is 1.18 bits per heavy atom. The number of barbiturate groups is 1. The van der Waals surface area contributed by atoms with E-state index in [0.29, 0.717) is 11.0 Å². The Morgan fingerprint density at radius 2 is 1.88 bits per heavy atom. The number of urea groups is 1. The van der Waals surface area contributed by atoms with Gasteiger partial charge in [-0.1, -0.05) is 0 Å². The largest absolute Gasteiger partial charge is 0.335 e. The van der Waals surface area contributed by atoms with Crippen LogP contribution in [0.1, 0.15) is 6.42 Å². The number of rotatable bonds is 1. The fourth-order valence-electron chi connectivity index (χ4n) is 1.45. The van der Waals surface area contributed by atoms with E-state index in [1.165, 1.54) is 0 Å².